The Morgan fingerprint density at radius 1 is 1.40 bits per heavy atom. The molecular weight excluding hydrogens is 210 g/mol. The molecule has 3 heteroatoms. The van der Waals surface area contributed by atoms with Crippen LogP contribution in [0.5, 0.6) is 0 Å². The number of rotatable bonds is 4. The van der Waals surface area contributed by atoms with E-state index in [1.807, 2.05) is 25.1 Å². The van der Waals surface area contributed by atoms with Crippen LogP contribution in [0.4, 0.5) is 5.69 Å². The SMILES string of the molecule is Cc1cc(Cl)ccc1NC(C)(C)CCO. The molecule has 0 spiro atoms. The van der Waals surface area contributed by atoms with Gasteiger partial charge in [-0.25, -0.2) is 0 Å². The first-order valence-corrected chi connectivity index (χ1v) is 5.47. The van der Waals surface area contributed by atoms with Gasteiger partial charge in [0.1, 0.15) is 0 Å². The molecule has 2 nitrogen and oxygen atoms in total. The minimum Gasteiger partial charge on any atom is -0.396 e. The van der Waals surface area contributed by atoms with Crippen LogP contribution in [-0.4, -0.2) is 17.3 Å². The molecule has 1 aromatic rings. The van der Waals surface area contributed by atoms with Crippen molar-refractivity contribution in [2.24, 2.45) is 0 Å². The number of anilines is 1. The number of nitrogens with one attached hydrogen (secondary N) is 1. The first-order valence-electron chi connectivity index (χ1n) is 5.10. The zero-order chi connectivity index (χ0) is 11.5. The van der Waals surface area contributed by atoms with Gasteiger partial charge in [-0.3, -0.25) is 0 Å². The summed E-state index contributed by atoms with van der Waals surface area (Å²) in [6, 6.07) is 5.77. The van der Waals surface area contributed by atoms with E-state index in [-0.39, 0.29) is 12.1 Å². The molecule has 0 aromatic heterocycles. The Morgan fingerprint density at radius 3 is 2.60 bits per heavy atom. The quantitative estimate of drug-likeness (QED) is 0.828. The Balaban J connectivity index is 2.80. The highest BCUT2D eigenvalue weighted by atomic mass is 35.5. The summed E-state index contributed by atoms with van der Waals surface area (Å²) >= 11 is 5.88. The average Bonchev–Trinajstić information content (AvgIpc) is 2.09. The van der Waals surface area contributed by atoms with E-state index in [4.69, 9.17) is 16.7 Å². The van der Waals surface area contributed by atoms with E-state index in [0.717, 1.165) is 22.7 Å². The number of benzene rings is 1. The maximum absolute atomic E-state index is 8.93. The van der Waals surface area contributed by atoms with E-state index in [0.29, 0.717) is 0 Å². The van der Waals surface area contributed by atoms with Crippen LogP contribution in [-0.2, 0) is 0 Å². The average molecular weight is 228 g/mol. The van der Waals surface area contributed by atoms with Gasteiger partial charge in [0.2, 0.25) is 0 Å². The molecule has 0 saturated heterocycles. The Labute approximate surface area is 96.3 Å². The monoisotopic (exact) mass is 227 g/mol. The summed E-state index contributed by atoms with van der Waals surface area (Å²) in [5, 5.41) is 13.1. The fourth-order valence-corrected chi connectivity index (χ4v) is 1.70. The molecule has 0 saturated carbocycles. The standard InChI is InChI=1S/C12H18ClNO/c1-9-8-10(13)4-5-11(9)14-12(2,3)6-7-15/h4-5,8,14-15H,6-7H2,1-3H3. The van der Waals surface area contributed by atoms with E-state index in [9.17, 15) is 0 Å². The maximum atomic E-state index is 8.93. The van der Waals surface area contributed by atoms with Crippen molar-refractivity contribution in [1.82, 2.24) is 0 Å². The van der Waals surface area contributed by atoms with Gasteiger partial charge in [-0.1, -0.05) is 11.6 Å². The van der Waals surface area contributed by atoms with Crippen molar-refractivity contribution in [2.75, 3.05) is 11.9 Å². The lowest BCUT2D eigenvalue weighted by molar-refractivity contribution is 0.261. The smallest absolute Gasteiger partial charge is 0.0453 e. The van der Waals surface area contributed by atoms with E-state index in [1.54, 1.807) is 0 Å². The summed E-state index contributed by atoms with van der Waals surface area (Å²) in [5.41, 5.74) is 2.08. The summed E-state index contributed by atoms with van der Waals surface area (Å²) < 4.78 is 0. The number of hydrogen-bond acceptors (Lipinski definition) is 2. The molecule has 1 aromatic carbocycles. The molecule has 0 bridgehead atoms. The minimum atomic E-state index is -0.104. The second kappa shape index (κ2) is 4.86. The molecule has 0 atom stereocenters. The molecule has 0 aliphatic rings. The molecule has 0 fully saturated rings. The van der Waals surface area contributed by atoms with Crippen LogP contribution < -0.4 is 5.32 Å². The topological polar surface area (TPSA) is 32.3 Å². The van der Waals surface area contributed by atoms with Crippen molar-refractivity contribution in [2.45, 2.75) is 32.7 Å². The second-order valence-electron chi connectivity index (χ2n) is 4.44. The molecule has 0 unspecified atom stereocenters. The lowest BCUT2D eigenvalue weighted by atomic mass is 10.00. The molecule has 15 heavy (non-hydrogen) atoms. The zero-order valence-electron chi connectivity index (χ0n) is 9.47. The molecule has 0 radical (unpaired) electrons. The van der Waals surface area contributed by atoms with Gasteiger partial charge in [0.05, 0.1) is 0 Å². The summed E-state index contributed by atoms with van der Waals surface area (Å²) in [6.45, 7) is 6.34. The van der Waals surface area contributed by atoms with Crippen molar-refractivity contribution >= 4 is 17.3 Å². The molecule has 84 valence electrons. The van der Waals surface area contributed by atoms with Crippen molar-refractivity contribution in [1.29, 1.82) is 0 Å². The summed E-state index contributed by atoms with van der Waals surface area (Å²) in [4.78, 5) is 0. The van der Waals surface area contributed by atoms with Crippen LogP contribution in [0.3, 0.4) is 0 Å². The number of halogens is 1. The minimum absolute atomic E-state index is 0.104. The second-order valence-corrected chi connectivity index (χ2v) is 4.88. The van der Waals surface area contributed by atoms with E-state index < -0.39 is 0 Å². The van der Waals surface area contributed by atoms with Gasteiger partial charge in [-0.2, -0.15) is 0 Å². The molecule has 0 aliphatic carbocycles. The third-order valence-electron chi connectivity index (χ3n) is 2.40. The molecule has 1 rings (SSSR count). The van der Waals surface area contributed by atoms with E-state index in [2.05, 4.69) is 19.2 Å². The lowest BCUT2D eigenvalue weighted by Crippen LogP contribution is -2.32. The molecule has 0 amide bonds. The van der Waals surface area contributed by atoms with Crippen molar-refractivity contribution in [3.05, 3.63) is 28.8 Å². The molecule has 0 heterocycles. The first kappa shape index (κ1) is 12.3. The lowest BCUT2D eigenvalue weighted by Gasteiger charge is -2.27. The third-order valence-corrected chi connectivity index (χ3v) is 2.63. The van der Waals surface area contributed by atoms with Crippen molar-refractivity contribution in [3.8, 4) is 0 Å². The largest absolute Gasteiger partial charge is 0.396 e. The number of hydrogen-bond donors (Lipinski definition) is 2. The summed E-state index contributed by atoms with van der Waals surface area (Å²) in [7, 11) is 0. The Kier molecular flexibility index (Phi) is 4.00. The summed E-state index contributed by atoms with van der Waals surface area (Å²) in [6.07, 6.45) is 0.717. The normalized spacial score (nSPS) is 11.5. The molecule has 2 N–H and O–H groups in total. The highest BCUT2D eigenvalue weighted by molar-refractivity contribution is 6.30. The van der Waals surface area contributed by atoms with Gasteiger partial charge in [0, 0.05) is 22.9 Å². The Morgan fingerprint density at radius 2 is 2.07 bits per heavy atom. The van der Waals surface area contributed by atoms with Gasteiger partial charge in [0.15, 0.2) is 0 Å². The molecule has 0 aliphatic heterocycles. The highest BCUT2D eigenvalue weighted by Gasteiger charge is 2.17. The van der Waals surface area contributed by atoms with Gasteiger partial charge >= 0.3 is 0 Å². The summed E-state index contributed by atoms with van der Waals surface area (Å²) in [5.74, 6) is 0. The van der Waals surface area contributed by atoms with Gasteiger partial charge < -0.3 is 10.4 Å². The Hall–Kier alpha value is -0.730. The number of aliphatic hydroxyl groups is 1. The predicted octanol–water partition coefficient (Wildman–Crippen LogP) is 3.22. The maximum Gasteiger partial charge on any atom is 0.0453 e. The fourth-order valence-electron chi connectivity index (χ4n) is 1.47. The van der Waals surface area contributed by atoms with Crippen LogP contribution in [0.2, 0.25) is 5.02 Å². The predicted molar refractivity (Wildman–Crippen MR) is 65.6 cm³/mol. The van der Waals surface area contributed by atoms with Crippen LogP contribution in [0, 0.1) is 6.92 Å². The zero-order valence-corrected chi connectivity index (χ0v) is 10.2. The highest BCUT2D eigenvalue weighted by Crippen LogP contribution is 2.24. The van der Waals surface area contributed by atoms with Crippen LogP contribution >= 0.6 is 11.6 Å². The van der Waals surface area contributed by atoms with Crippen LogP contribution in [0.1, 0.15) is 25.8 Å². The first-order chi connectivity index (χ1) is 6.94. The van der Waals surface area contributed by atoms with Crippen molar-refractivity contribution in [3.63, 3.8) is 0 Å². The number of aryl methyl sites for hydroxylation is 1. The number of aliphatic hydroxyl groups excluding tert-OH is 1. The third kappa shape index (κ3) is 3.73. The van der Waals surface area contributed by atoms with Crippen LogP contribution in [0.15, 0.2) is 18.2 Å². The van der Waals surface area contributed by atoms with E-state index >= 15 is 0 Å². The van der Waals surface area contributed by atoms with Gasteiger partial charge in [-0.05, 0) is 51.0 Å². The van der Waals surface area contributed by atoms with E-state index in [1.165, 1.54) is 0 Å². The Bertz CT molecular complexity index is 336. The fraction of sp³-hybridized carbons (Fsp3) is 0.500. The van der Waals surface area contributed by atoms with Gasteiger partial charge in [0.25, 0.3) is 0 Å². The van der Waals surface area contributed by atoms with Crippen LogP contribution in [0.25, 0.3) is 0 Å². The van der Waals surface area contributed by atoms with Gasteiger partial charge in [-0.15, -0.1) is 0 Å². The molecular formula is C12H18ClNO. The van der Waals surface area contributed by atoms with Crippen molar-refractivity contribution < 1.29 is 5.11 Å².